The number of phenolic OH excluding ortho intramolecular Hbond substituents is 3. The first-order valence-electron chi connectivity index (χ1n) is 11.1. The van der Waals surface area contributed by atoms with Gasteiger partial charge in [-0.2, -0.15) is 0 Å². The fourth-order valence-electron chi connectivity index (χ4n) is 4.94. The zero-order valence-electron chi connectivity index (χ0n) is 19.9. The minimum absolute atomic E-state index is 0.0922. The lowest BCUT2D eigenvalue weighted by Gasteiger charge is -2.30. The fraction of sp³-hybridized carbons (Fsp3) is 0.346. The summed E-state index contributed by atoms with van der Waals surface area (Å²) in [5.41, 5.74) is -1.81. The molecule has 1 atom stereocenters. The molecular weight excluding hydrogens is 456 g/mol. The van der Waals surface area contributed by atoms with E-state index in [-0.39, 0.29) is 57.4 Å². The highest BCUT2D eigenvalue weighted by Crippen LogP contribution is 2.59. The molecule has 2 heterocycles. The number of aromatic hydroxyl groups is 3. The number of ether oxygens (including phenoxy) is 2. The fourth-order valence-corrected chi connectivity index (χ4v) is 4.94. The van der Waals surface area contributed by atoms with Crippen molar-refractivity contribution in [2.24, 2.45) is 0 Å². The molecule has 35 heavy (non-hydrogen) atoms. The zero-order chi connectivity index (χ0) is 25.6. The Hall–Kier alpha value is -3.85. The first kappa shape index (κ1) is 22.9. The number of hydrogen-bond acceptors (Lipinski definition) is 9. The third-order valence-electron chi connectivity index (χ3n) is 6.83. The molecule has 9 nitrogen and oxygen atoms in total. The third-order valence-corrected chi connectivity index (χ3v) is 6.83. The number of methoxy groups -OCH3 is 1. The highest BCUT2D eigenvalue weighted by Gasteiger charge is 2.49. The topological polar surface area (TPSA) is 150 Å². The van der Waals surface area contributed by atoms with Crippen LogP contribution in [0, 0.1) is 0 Å². The largest absolute Gasteiger partial charge is 0.509 e. The maximum absolute atomic E-state index is 13.7. The summed E-state index contributed by atoms with van der Waals surface area (Å²) < 4.78 is 17.8. The van der Waals surface area contributed by atoms with Crippen molar-refractivity contribution in [3.63, 3.8) is 0 Å². The molecule has 5 rings (SSSR count). The Balaban J connectivity index is 1.93. The molecule has 9 heteroatoms. The SMILES string of the molecule is COc1cc(O)c2c3c1-c1oc4c(/C=C(/O)C(C)(C)O)c(O)cc(O)c4c(=O)c1C[C@@H]3C(C)(C)O2. The van der Waals surface area contributed by atoms with Gasteiger partial charge in [-0.15, -0.1) is 0 Å². The summed E-state index contributed by atoms with van der Waals surface area (Å²) in [5.74, 6) is -1.15. The summed E-state index contributed by atoms with van der Waals surface area (Å²) in [7, 11) is 1.42. The van der Waals surface area contributed by atoms with Crippen LogP contribution in [0.25, 0.3) is 28.4 Å². The van der Waals surface area contributed by atoms with Crippen LogP contribution in [0.2, 0.25) is 0 Å². The lowest BCUT2D eigenvalue weighted by atomic mass is 9.74. The van der Waals surface area contributed by atoms with Crippen molar-refractivity contribution in [1.29, 1.82) is 0 Å². The van der Waals surface area contributed by atoms with Gasteiger partial charge in [-0.05, 0) is 40.2 Å². The van der Waals surface area contributed by atoms with E-state index in [1.54, 1.807) is 0 Å². The number of rotatable bonds is 3. The van der Waals surface area contributed by atoms with Crippen LogP contribution in [-0.2, 0) is 6.42 Å². The number of fused-ring (bicyclic) bond motifs is 3. The second kappa shape index (κ2) is 7.08. The van der Waals surface area contributed by atoms with Crippen molar-refractivity contribution in [3.8, 4) is 40.1 Å². The minimum atomic E-state index is -1.64. The van der Waals surface area contributed by atoms with Crippen molar-refractivity contribution < 1.29 is 39.4 Å². The van der Waals surface area contributed by atoms with Crippen molar-refractivity contribution >= 4 is 17.0 Å². The van der Waals surface area contributed by atoms with Crippen LogP contribution in [0.1, 0.15) is 50.3 Å². The molecule has 0 unspecified atom stereocenters. The normalized spacial score (nSPS) is 18.2. The maximum atomic E-state index is 13.7. The van der Waals surface area contributed by atoms with Gasteiger partial charge < -0.3 is 39.4 Å². The van der Waals surface area contributed by atoms with Gasteiger partial charge in [-0.1, -0.05) is 0 Å². The van der Waals surface area contributed by atoms with E-state index in [4.69, 9.17) is 13.9 Å². The standard InChI is InChI=1S/C26H26O9/c1-25(2,32)17(30)7-10-13(27)8-14(28)19-21(31)11-6-12-18-20(23(11)34-22(10)19)16(33-5)9-15(29)24(18)35-26(12,3)4/h7-9,12,27-30,32H,6H2,1-5H3/b17-7+/t12-/m0/s1. The average Bonchev–Trinajstić information content (AvgIpc) is 3.03. The molecule has 1 aliphatic carbocycles. The molecule has 0 radical (unpaired) electrons. The molecule has 0 fully saturated rings. The van der Waals surface area contributed by atoms with E-state index in [0.29, 0.717) is 11.1 Å². The lowest BCUT2D eigenvalue weighted by Crippen LogP contribution is -2.34. The molecule has 0 spiro atoms. The molecule has 3 aromatic rings. The molecule has 2 aromatic carbocycles. The third kappa shape index (κ3) is 3.15. The van der Waals surface area contributed by atoms with Crippen molar-refractivity contribution in [2.45, 2.75) is 51.2 Å². The summed E-state index contributed by atoms with van der Waals surface area (Å²) in [6, 6.07) is 2.37. The van der Waals surface area contributed by atoms with E-state index in [9.17, 15) is 30.3 Å². The van der Waals surface area contributed by atoms with Crippen molar-refractivity contribution in [1.82, 2.24) is 0 Å². The molecule has 0 saturated carbocycles. The van der Waals surface area contributed by atoms with E-state index < -0.39 is 33.9 Å². The van der Waals surface area contributed by atoms with Crippen LogP contribution >= 0.6 is 0 Å². The summed E-state index contributed by atoms with van der Waals surface area (Å²) in [6.45, 7) is 6.42. The van der Waals surface area contributed by atoms with Gasteiger partial charge in [-0.25, -0.2) is 0 Å². The monoisotopic (exact) mass is 482 g/mol. The van der Waals surface area contributed by atoms with Crippen LogP contribution < -0.4 is 14.9 Å². The molecule has 2 aliphatic rings. The van der Waals surface area contributed by atoms with E-state index in [1.807, 2.05) is 13.8 Å². The highest BCUT2D eigenvalue weighted by atomic mass is 16.5. The van der Waals surface area contributed by atoms with Crippen LogP contribution in [0.3, 0.4) is 0 Å². The molecule has 184 valence electrons. The number of phenols is 3. The number of hydrogen-bond donors (Lipinski definition) is 5. The number of aliphatic hydroxyl groups is 2. The second-order valence-corrected chi connectivity index (χ2v) is 10.0. The first-order chi connectivity index (χ1) is 16.3. The minimum Gasteiger partial charge on any atom is -0.509 e. The molecule has 0 saturated heterocycles. The second-order valence-electron chi connectivity index (χ2n) is 10.0. The lowest BCUT2D eigenvalue weighted by molar-refractivity contribution is 0.0733. The quantitative estimate of drug-likeness (QED) is 0.348. The van der Waals surface area contributed by atoms with Crippen LogP contribution in [-0.4, -0.2) is 43.8 Å². The summed E-state index contributed by atoms with van der Waals surface area (Å²) in [5, 5.41) is 52.1. The number of aliphatic hydroxyl groups excluding tert-OH is 1. The predicted octanol–water partition coefficient (Wildman–Crippen LogP) is 4.07. The van der Waals surface area contributed by atoms with Gasteiger partial charge in [0.1, 0.15) is 45.4 Å². The van der Waals surface area contributed by atoms with Gasteiger partial charge in [0.25, 0.3) is 0 Å². The molecule has 0 bridgehead atoms. The van der Waals surface area contributed by atoms with Crippen molar-refractivity contribution in [2.75, 3.05) is 7.11 Å². The van der Waals surface area contributed by atoms with Gasteiger partial charge in [-0.3, -0.25) is 4.79 Å². The summed E-state index contributed by atoms with van der Waals surface area (Å²) in [6.07, 6.45) is 1.30. The molecular formula is C26H26O9. The van der Waals surface area contributed by atoms with Gasteiger partial charge >= 0.3 is 0 Å². The van der Waals surface area contributed by atoms with E-state index in [2.05, 4.69) is 0 Å². The summed E-state index contributed by atoms with van der Waals surface area (Å²) >= 11 is 0. The van der Waals surface area contributed by atoms with Gasteiger partial charge in [0.15, 0.2) is 22.5 Å². The van der Waals surface area contributed by atoms with Crippen LogP contribution in [0.4, 0.5) is 0 Å². The smallest absolute Gasteiger partial charge is 0.200 e. The van der Waals surface area contributed by atoms with Crippen molar-refractivity contribution in [3.05, 3.63) is 44.8 Å². The summed E-state index contributed by atoms with van der Waals surface area (Å²) in [4.78, 5) is 13.7. The van der Waals surface area contributed by atoms with Crippen LogP contribution in [0.15, 0.2) is 27.1 Å². The Morgan fingerprint density at radius 3 is 2.49 bits per heavy atom. The Morgan fingerprint density at radius 1 is 1.17 bits per heavy atom. The predicted molar refractivity (Wildman–Crippen MR) is 128 cm³/mol. The van der Waals surface area contributed by atoms with Gasteiger partial charge in [0.2, 0.25) is 0 Å². The molecule has 0 amide bonds. The highest BCUT2D eigenvalue weighted by molar-refractivity contribution is 5.96. The van der Waals surface area contributed by atoms with Gasteiger partial charge in [0.05, 0.1) is 18.2 Å². The maximum Gasteiger partial charge on any atom is 0.200 e. The van der Waals surface area contributed by atoms with Crippen LogP contribution in [0.5, 0.6) is 28.7 Å². The molecule has 5 N–H and O–H groups in total. The number of benzene rings is 2. The first-order valence-corrected chi connectivity index (χ1v) is 11.1. The Labute approximate surface area is 200 Å². The Morgan fingerprint density at radius 2 is 1.86 bits per heavy atom. The Kier molecular flexibility index (Phi) is 4.64. The van der Waals surface area contributed by atoms with E-state index in [0.717, 1.165) is 12.1 Å². The zero-order valence-corrected chi connectivity index (χ0v) is 19.9. The Bertz CT molecular complexity index is 1500. The van der Waals surface area contributed by atoms with E-state index in [1.165, 1.54) is 27.0 Å². The average molecular weight is 482 g/mol. The van der Waals surface area contributed by atoms with E-state index >= 15 is 0 Å². The van der Waals surface area contributed by atoms with Gasteiger partial charge in [0, 0.05) is 29.2 Å². The molecule has 1 aromatic heterocycles. The molecule has 1 aliphatic heterocycles.